The van der Waals surface area contributed by atoms with Crippen LogP contribution < -0.4 is 5.56 Å². The Hall–Kier alpha value is -2.45. The predicted molar refractivity (Wildman–Crippen MR) is 72.7 cm³/mol. The maximum Gasteiger partial charge on any atom is 0.267 e. The molecule has 5 heteroatoms. The van der Waals surface area contributed by atoms with E-state index in [2.05, 4.69) is 16.9 Å². The van der Waals surface area contributed by atoms with Crippen molar-refractivity contribution < 1.29 is 9.50 Å². The van der Waals surface area contributed by atoms with Gasteiger partial charge in [-0.1, -0.05) is 11.8 Å². The van der Waals surface area contributed by atoms with Gasteiger partial charge in [0.25, 0.3) is 5.56 Å². The Balaban J connectivity index is 2.33. The van der Waals surface area contributed by atoms with Gasteiger partial charge in [-0.2, -0.15) is 5.10 Å². The Morgan fingerprint density at radius 1 is 1.35 bits per heavy atom. The van der Waals surface area contributed by atoms with Crippen molar-refractivity contribution in [3.63, 3.8) is 0 Å². The fraction of sp³-hybridized carbons (Fsp3) is 0.200. The summed E-state index contributed by atoms with van der Waals surface area (Å²) in [6.45, 7) is 1.67. The molecule has 4 nitrogen and oxygen atoms in total. The van der Waals surface area contributed by atoms with E-state index in [4.69, 9.17) is 5.11 Å². The van der Waals surface area contributed by atoms with Gasteiger partial charge in [0.2, 0.25) is 0 Å². The van der Waals surface area contributed by atoms with Gasteiger partial charge in [-0.05, 0) is 36.2 Å². The highest BCUT2D eigenvalue weighted by Gasteiger charge is 2.03. The Labute approximate surface area is 115 Å². The quantitative estimate of drug-likeness (QED) is 0.832. The van der Waals surface area contributed by atoms with Gasteiger partial charge in [0.05, 0.1) is 12.7 Å². The first-order valence-corrected chi connectivity index (χ1v) is 6.01. The fourth-order valence-corrected chi connectivity index (χ4v) is 1.77. The molecule has 0 bridgehead atoms. The summed E-state index contributed by atoms with van der Waals surface area (Å²) >= 11 is 0. The molecule has 0 unspecified atom stereocenters. The van der Waals surface area contributed by atoms with E-state index in [9.17, 15) is 9.18 Å². The molecule has 20 heavy (non-hydrogen) atoms. The van der Waals surface area contributed by atoms with Crippen LogP contribution in [0.4, 0.5) is 4.39 Å². The van der Waals surface area contributed by atoms with Crippen LogP contribution in [0.1, 0.15) is 16.7 Å². The maximum atomic E-state index is 13.5. The highest BCUT2D eigenvalue weighted by atomic mass is 19.1. The Bertz CT molecular complexity index is 742. The van der Waals surface area contributed by atoms with E-state index in [0.29, 0.717) is 11.1 Å². The standard InChI is InChI=1S/C15H13FN2O2/c1-11-5-15(20)18(17-9-11)10-13-6-12(3-2-4-19)7-14(16)8-13/h5-9,19H,4,10H2,1H3. The van der Waals surface area contributed by atoms with Gasteiger partial charge in [0.1, 0.15) is 12.4 Å². The van der Waals surface area contributed by atoms with Crippen LogP contribution in [0.3, 0.4) is 0 Å². The molecular formula is C15H13FN2O2. The average Bonchev–Trinajstić information content (AvgIpc) is 2.39. The van der Waals surface area contributed by atoms with Gasteiger partial charge in [0, 0.05) is 11.6 Å². The first kappa shape index (κ1) is 14.0. The minimum atomic E-state index is -0.440. The maximum absolute atomic E-state index is 13.5. The van der Waals surface area contributed by atoms with Crippen molar-refractivity contribution in [1.82, 2.24) is 9.78 Å². The van der Waals surface area contributed by atoms with Gasteiger partial charge in [0.15, 0.2) is 0 Å². The molecule has 1 N–H and O–H groups in total. The van der Waals surface area contributed by atoms with E-state index in [0.717, 1.165) is 5.56 Å². The molecule has 2 aromatic rings. The number of aromatic nitrogens is 2. The van der Waals surface area contributed by atoms with Gasteiger partial charge < -0.3 is 5.11 Å². The van der Waals surface area contributed by atoms with Crippen molar-refractivity contribution >= 4 is 0 Å². The molecule has 102 valence electrons. The zero-order valence-corrected chi connectivity index (χ0v) is 10.9. The molecule has 1 heterocycles. The largest absolute Gasteiger partial charge is 0.384 e. The Morgan fingerprint density at radius 3 is 2.85 bits per heavy atom. The normalized spacial score (nSPS) is 9.95. The number of benzene rings is 1. The third-order valence-corrected chi connectivity index (χ3v) is 2.61. The van der Waals surface area contributed by atoms with Crippen LogP contribution in [0, 0.1) is 24.6 Å². The molecule has 2 rings (SSSR count). The second-order valence-corrected chi connectivity index (χ2v) is 4.34. The van der Waals surface area contributed by atoms with Crippen molar-refractivity contribution in [1.29, 1.82) is 0 Å². The lowest BCUT2D eigenvalue weighted by Gasteiger charge is -2.05. The number of rotatable bonds is 2. The number of hydrogen-bond donors (Lipinski definition) is 1. The number of aliphatic hydroxyl groups is 1. The second-order valence-electron chi connectivity index (χ2n) is 4.34. The molecule has 0 atom stereocenters. The van der Waals surface area contributed by atoms with Gasteiger partial charge in [-0.25, -0.2) is 9.07 Å². The van der Waals surface area contributed by atoms with Crippen molar-refractivity contribution in [2.24, 2.45) is 0 Å². The third kappa shape index (κ3) is 3.53. The number of aryl methyl sites for hydroxylation is 1. The molecule has 0 fully saturated rings. The zero-order chi connectivity index (χ0) is 14.5. The van der Waals surface area contributed by atoms with Gasteiger partial charge in [-0.3, -0.25) is 4.79 Å². The molecule has 0 spiro atoms. The van der Waals surface area contributed by atoms with Crippen molar-refractivity contribution in [2.75, 3.05) is 6.61 Å². The number of nitrogens with zero attached hydrogens (tertiary/aromatic N) is 2. The summed E-state index contributed by atoms with van der Waals surface area (Å²) in [4.78, 5) is 11.7. The molecule has 1 aromatic heterocycles. The molecule has 0 aliphatic carbocycles. The van der Waals surface area contributed by atoms with E-state index in [1.807, 2.05) is 0 Å². The molecular weight excluding hydrogens is 259 g/mol. The van der Waals surface area contributed by atoms with E-state index >= 15 is 0 Å². The topological polar surface area (TPSA) is 55.1 Å². The molecule has 0 aliphatic rings. The minimum absolute atomic E-state index is 0.171. The second kappa shape index (κ2) is 6.13. The van der Waals surface area contributed by atoms with Crippen LogP contribution in [-0.2, 0) is 6.54 Å². The van der Waals surface area contributed by atoms with Crippen molar-refractivity contribution in [3.05, 3.63) is 63.3 Å². The highest BCUT2D eigenvalue weighted by molar-refractivity contribution is 5.37. The van der Waals surface area contributed by atoms with E-state index in [1.54, 1.807) is 19.2 Å². The van der Waals surface area contributed by atoms with Crippen LogP contribution in [0.5, 0.6) is 0 Å². The summed E-state index contributed by atoms with van der Waals surface area (Å²) in [5, 5.41) is 12.6. The van der Waals surface area contributed by atoms with E-state index < -0.39 is 5.82 Å². The monoisotopic (exact) mass is 272 g/mol. The predicted octanol–water partition coefficient (Wildman–Crippen LogP) is 1.08. The summed E-state index contributed by atoms with van der Waals surface area (Å²) in [5.74, 6) is 4.65. The SMILES string of the molecule is Cc1cnn(Cc2cc(F)cc(C#CCO)c2)c(=O)c1. The lowest BCUT2D eigenvalue weighted by atomic mass is 10.1. The van der Waals surface area contributed by atoms with E-state index in [-0.39, 0.29) is 18.7 Å². The molecule has 0 aliphatic heterocycles. The fourth-order valence-electron chi connectivity index (χ4n) is 1.77. The van der Waals surface area contributed by atoms with Crippen molar-refractivity contribution in [3.8, 4) is 11.8 Å². The Morgan fingerprint density at radius 2 is 2.15 bits per heavy atom. The van der Waals surface area contributed by atoms with Crippen LogP contribution in [0.25, 0.3) is 0 Å². The molecule has 1 aromatic carbocycles. The minimum Gasteiger partial charge on any atom is -0.384 e. The van der Waals surface area contributed by atoms with Gasteiger partial charge >= 0.3 is 0 Å². The molecule has 0 saturated carbocycles. The third-order valence-electron chi connectivity index (χ3n) is 2.61. The first-order chi connectivity index (χ1) is 9.58. The summed E-state index contributed by atoms with van der Waals surface area (Å²) in [5.41, 5.74) is 1.58. The molecule has 0 amide bonds. The number of aliphatic hydroxyl groups excluding tert-OH is 1. The smallest absolute Gasteiger partial charge is 0.267 e. The van der Waals surface area contributed by atoms with Crippen LogP contribution in [-0.4, -0.2) is 21.5 Å². The lowest BCUT2D eigenvalue weighted by molar-refractivity contribution is 0.350. The summed E-state index contributed by atoms with van der Waals surface area (Å²) in [6, 6.07) is 5.74. The Kier molecular flexibility index (Phi) is 4.28. The van der Waals surface area contributed by atoms with E-state index in [1.165, 1.54) is 22.9 Å². The highest BCUT2D eigenvalue weighted by Crippen LogP contribution is 2.09. The van der Waals surface area contributed by atoms with Crippen LogP contribution in [0.15, 0.2) is 35.3 Å². The molecule has 0 saturated heterocycles. The van der Waals surface area contributed by atoms with Gasteiger partial charge in [-0.15, -0.1) is 0 Å². The average molecular weight is 272 g/mol. The van der Waals surface area contributed by atoms with Crippen LogP contribution >= 0.6 is 0 Å². The molecule has 0 radical (unpaired) electrons. The zero-order valence-electron chi connectivity index (χ0n) is 10.9. The number of hydrogen-bond acceptors (Lipinski definition) is 3. The lowest BCUT2D eigenvalue weighted by Crippen LogP contribution is -2.22. The van der Waals surface area contributed by atoms with Crippen LogP contribution in [0.2, 0.25) is 0 Å². The number of halogens is 1. The summed E-state index contributed by atoms with van der Waals surface area (Å²) in [6.07, 6.45) is 1.58. The first-order valence-electron chi connectivity index (χ1n) is 6.01. The summed E-state index contributed by atoms with van der Waals surface area (Å²) < 4.78 is 14.7. The van der Waals surface area contributed by atoms with Crippen molar-refractivity contribution in [2.45, 2.75) is 13.5 Å². The summed E-state index contributed by atoms with van der Waals surface area (Å²) in [7, 11) is 0.